The van der Waals surface area contributed by atoms with E-state index >= 15 is 0 Å². The van der Waals surface area contributed by atoms with Gasteiger partial charge in [0.2, 0.25) is 4.96 Å². The molecule has 0 fully saturated rings. The van der Waals surface area contributed by atoms with Crippen molar-refractivity contribution in [3.8, 4) is 22.8 Å². The molecule has 1 atom stereocenters. The lowest BCUT2D eigenvalue weighted by Gasteiger charge is -2.24. The topological polar surface area (TPSA) is 78.9 Å². The maximum Gasteiger partial charge on any atom is 0.291 e. The van der Waals surface area contributed by atoms with Gasteiger partial charge in [-0.05, 0) is 36.4 Å². The highest BCUT2D eigenvalue weighted by molar-refractivity contribution is 9.10. The van der Waals surface area contributed by atoms with E-state index in [0.717, 1.165) is 15.8 Å². The second-order valence-corrected chi connectivity index (χ2v) is 9.08. The lowest BCUT2D eigenvalue weighted by atomic mass is 10.2. The minimum absolute atomic E-state index is 0.249. The van der Waals surface area contributed by atoms with Gasteiger partial charge in [-0.3, -0.25) is 4.79 Å². The molecule has 0 N–H and O–H groups in total. The highest BCUT2D eigenvalue weighted by Crippen LogP contribution is 2.35. The van der Waals surface area contributed by atoms with Gasteiger partial charge in [-0.2, -0.15) is 9.50 Å². The van der Waals surface area contributed by atoms with Crippen molar-refractivity contribution < 1.29 is 13.9 Å². The number of furan rings is 1. The van der Waals surface area contributed by atoms with Crippen LogP contribution in [0.2, 0.25) is 0 Å². The average molecular weight is 508 g/mol. The van der Waals surface area contributed by atoms with Crippen LogP contribution in [0.4, 0.5) is 0 Å². The SMILES string of the molecule is O=c1/c(=C/c2ccc(-c3cccc(Br)c3)o2)sc2nc([C@H]3COc4ccccc4O3)nn12. The molecule has 0 unspecified atom stereocenters. The van der Waals surface area contributed by atoms with Crippen LogP contribution in [0, 0.1) is 0 Å². The van der Waals surface area contributed by atoms with Crippen LogP contribution in [0.3, 0.4) is 0 Å². The maximum atomic E-state index is 12.9. The molecule has 0 bridgehead atoms. The van der Waals surface area contributed by atoms with Crippen molar-refractivity contribution >= 4 is 38.3 Å². The van der Waals surface area contributed by atoms with E-state index in [1.165, 1.54) is 15.9 Å². The lowest BCUT2D eigenvalue weighted by molar-refractivity contribution is 0.0852. The van der Waals surface area contributed by atoms with E-state index in [0.29, 0.717) is 32.6 Å². The number of hydrogen-bond acceptors (Lipinski definition) is 7. The van der Waals surface area contributed by atoms with E-state index in [1.54, 1.807) is 6.08 Å². The maximum absolute atomic E-state index is 12.9. The molecule has 0 saturated carbocycles. The number of thiazole rings is 1. The van der Waals surface area contributed by atoms with Crippen molar-refractivity contribution in [2.75, 3.05) is 6.61 Å². The summed E-state index contributed by atoms with van der Waals surface area (Å²) in [7, 11) is 0. The van der Waals surface area contributed by atoms with Gasteiger partial charge in [-0.1, -0.05) is 51.5 Å². The molecule has 1 aliphatic heterocycles. The Bertz CT molecular complexity index is 1570. The summed E-state index contributed by atoms with van der Waals surface area (Å²) in [5.41, 5.74) is 0.700. The van der Waals surface area contributed by atoms with Crippen LogP contribution in [-0.2, 0) is 0 Å². The summed E-state index contributed by atoms with van der Waals surface area (Å²) in [5, 5.41) is 4.38. The molecule has 4 heterocycles. The van der Waals surface area contributed by atoms with Gasteiger partial charge in [0, 0.05) is 16.1 Å². The number of ether oxygens (including phenoxy) is 2. The van der Waals surface area contributed by atoms with Gasteiger partial charge >= 0.3 is 0 Å². The summed E-state index contributed by atoms with van der Waals surface area (Å²) < 4.78 is 20.4. The van der Waals surface area contributed by atoms with Crippen LogP contribution in [0.25, 0.3) is 22.4 Å². The minimum Gasteiger partial charge on any atom is -0.485 e. The Balaban J connectivity index is 1.30. The Labute approximate surface area is 193 Å². The van der Waals surface area contributed by atoms with Crippen molar-refractivity contribution in [3.05, 3.63) is 91.6 Å². The number of nitrogens with zero attached hydrogens (tertiary/aromatic N) is 3. The number of benzene rings is 2. The van der Waals surface area contributed by atoms with Crippen molar-refractivity contribution in [1.29, 1.82) is 0 Å². The average Bonchev–Trinajstić information content (AvgIpc) is 3.51. The molecule has 0 radical (unpaired) electrons. The number of hydrogen-bond donors (Lipinski definition) is 0. The van der Waals surface area contributed by atoms with E-state index in [-0.39, 0.29) is 12.2 Å². The Kier molecular flexibility index (Phi) is 4.58. The molecule has 158 valence electrons. The van der Waals surface area contributed by atoms with E-state index in [4.69, 9.17) is 13.9 Å². The quantitative estimate of drug-likeness (QED) is 0.363. The predicted octanol–water partition coefficient (Wildman–Crippen LogP) is 4.23. The second-order valence-electron chi connectivity index (χ2n) is 7.16. The zero-order valence-corrected chi connectivity index (χ0v) is 18.8. The smallest absolute Gasteiger partial charge is 0.291 e. The Morgan fingerprint density at radius 1 is 1.09 bits per heavy atom. The fourth-order valence-corrected chi connectivity index (χ4v) is 4.78. The van der Waals surface area contributed by atoms with Crippen LogP contribution in [0.5, 0.6) is 11.5 Å². The van der Waals surface area contributed by atoms with Gasteiger partial charge in [-0.25, -0.2) is 0 Å². The number of halogens is 1. The molecule has 5 aromatic rings. The summed E-state index contributed by atoms with van der Waals surface area (Å²) in [5.74, 6) is 3.05. The molecule has 6 rings (SSSR count). The summed E-state index contributed by atoms with van der Waals surface area (Å²) in [6, 6.07) is 19.0. The Morgan fingerprint density at radius 3 is 2.81 bits per heavy atom. The summed E-state index contributed by atoms with van der Waals surface area (Å²) in [6.45, 7) is 0.285. The van der Waals surface area contributed by atoms with Crippen molar-refractivity contribution in [2.45, 2.75) is 6.10 Å². The normalized spacial score (nSPS) is 16.0. The zero-order valence-electron chi connectivity index (χ0n) is 16.4. The third-order valence-electron chi connectivity index (χ3n) is 5.00. The fourth-order valence-electron chi connectivity index (χ4n) is 3.49. The van der Waals surface area contributed by atoms with Crippen LogP contribution in [-0.4, -0.2) is 21.2 Å². The minimum atomic E-state index is -0.471. The van der Waals surface area contributed by atoms with Gasteiger partial charge in [0.25, 0.3) is 5.56 Å². The Morgan fingerprint density at radius 2 is 1.97 bits per heavy atom. The van der Waals surface area contributed by atoms with Crippen LogP contribution >= 0.6 is 27.3 Å². The first-order valence-corrected chi connectivity index (χ1v) is 11.4. The van der Waals surface area contributed by atoms with E-state index in [9.17, 15) is 4.79 Å². The summed E-state index contributed by atoms with van der Waals surface area (Å²) in [4.78, 5) is 17.9. The van der Waals surface area contributed by atoms with Crippen LogP contribution in [0.15, 0.2) is 74.3 Å². The first kappa shape index (κ1) is 19.3. The molecule has 0 spiro atoms. The number of fused-ring (bicyclic) bond motifs is 2. The van der Waals surface area contributed by atoms with Gasteiger partial charge in [0.1, 0.15) is 22.7 Å². The van der Waals surface area contributed by atoms with Crippen LogP contribution < -0.4 is 19.6 Å². The fraction of sp³-hybridized carbons (Fsp3) is 0.0870. The molecule has 32 heavy (non-hydrogen) atoms. The van der Waals surface area contributed by atoms with E-state index < -0.39 is 6.10 Å². The largest absolute Gasteiger partial charge is 0.485 e. The van der Waals surface area contributed by atoms with Gasteiger partial charge < -0.3 is 13.9 Å². The Hall–Kier alpha value is -3.43. The van der Waals surface area contributed by atoms with E-state index in [1.807, 2.05) is 60.7 Å². The zero-order chi connectivity index (χ0) is 21.7. The number of aromatic nitrogens is 3. The molecule has 1 aliphatic rings. The molecule has 9 heteroatoms. The van der Waals surface area contributed by atoms with Crippen molar-refractivity contribution in [2.24, 2.45) is 0 Å². The molecule has 3 aromatic heterocycles. The van der Waals surface area contributed by atoms with Crippen molar-refractivity contribution in [1.82, 2.24) is 14.6 Å². The predicted molar refractivity (Wildman–Crippen MR) is 123 cm³/mol. The molecular formula is C23H14BrN3O4S. The molecule has 2 aromatic carbocycles. The highest BCUT2D eigenvalue weighted by Gasteiger charge is 2.27. The second kappa shape index (κ2) is 7.61. The molecule has 0 saturated heterocycles. The summed E-state index contributed by atoms with van der Waals surface area (Å²) >= 11 is 4.72. The third-order valence-corrected chi connectivity index (χ3v) is 6.46. The first-order valence-electron chi connectivity index (χ1n) is 9.79. The highest BCUT2D eigenvalue weighted by atomic mass is 79.9. The van der Waals surface area contributed by atoms with Gasteiger partial charge in [0.15, 0.2) is 23.4 Å². The molecule has 0 aliphatic carbocycles. The molecular weight excluding hydrogens is 494 g/mol. The van der Waals surface area contributed by atoms with E-state index in [2.05, 4.69) is 26.0 Å². The van der Waals surface area contributed by atoms with Crippen molar-refractivity contribution in [3.63, 3.8) is 0 Å². The third kappa shape index (κ3) is 3.39. The monoisotopic (exact) mass is 507 g/mol. The van der Waals surface area contributed by atoms with Gasteiger partial charge in [0.05, 0.1) is 0 Å². The standard InChI is InChI=1S/C23H14BrN3O4S/c24-14-5-3-4-13(10-14)16-9-8-15(30-16)11-20-22(28)27-23(32-20)25-21(26-27)19-12-29-17-6-1-2-7-18(17)31-19/h1-11,19H,12H2/b20-11-/t19-/m1/s1. The molecule has 7 nitrogen and oxygen atoms in total. The first-order chi connectivity index (χ1) is 15.6. The summed E-state index contributed by atoms with van der Waals surface area (Å²) in [6.07, 6.45) is 1.24. The van der Waals surface area contributed by atoms with Crippen LogP contribution in [0.1, 0.15) is 17.7 Å². The lowest BCUT2D eigenvalue weighted by Crippen LogP contribution is -2.26. The molecule has 0 amide bonds. The van der Waals surface area contributed by atoms with Gasteiger partial charge in [-0.15, -0.1) is 5.10 Å². The number of para-hydroxylation sites is 2. The number of rotatable bonds is 3.